The van der Waals surface area contributed by atoms with Gasteiger partial charge in [-0.05, 0) is 24.4 Å². The van der Waals surface area contributed by atoms with Gasteiger partial charge in [-0.2, -0.15) is 0 Å². The minimum absolute atomic E-state index is 0.224. The third-order valence-corrected chi connectivity index (χ3v) is 3.17. The van der Waals surface area contributed by atoms with Crippen LogP contribution >= 0.6 is 0 Å². The topological polar surface area (TPSA) is 46.3 Å². The van der Waals surface area contributed by atoms with Crippen LogP contribution in [0.15, 0.2) is 30.3 Å². The van der Waals surface area contributed by atoms with Gasteiger partial charge in [-0.3, -0.25) is 4.79 Å². The Morgan fingerprint density at radius 3 is 2.75 bits per heavy atom. The number of amides is 1. The van der Waals surface area contributed by atoms with Crippen molar-refractivity contribution in [1.29, 1.82) is 0 Å². The number of likely N-dealkylation sites (tertiary alicyclic amines) is 1. The molecule has 1 unspecified atom stereocenters. The fourth-order valence-corrected chi connectivity index (χ4v) is 2.13. The number of carbonyl (C=O) groups excluding carboxylic acids is 1. The molecule has 2 N–H and O–H groups in total. The van der Waals surface area contributed by atoms with Gasteiger partial charge >= 0.3 is 0 Å². The van der Waals surface area contributed by atoms with Crippen molar-refractivity contribution in [2.24, 2.45) is 11.7 Å². The third-order valence-electron chi connectivity index (χ3n) is 3.17. The van der Waals surface area contributed by atoms with Crippen LogP contribution in [0.1, 0.15) is 12.0 Å². The quantitative estimate of drug-likeness (QED) is 0.824. The standard InChI is InChI=1S/C13H18N2O/c14-9-12-6-7-15(10-12)13(16)8-11-4-2-1-3-5-11/h1-5,12H,6-10,14H2. The van der Waals surface area contributed by atoms with Crippen molar-refractivity contribution < 1.29 is 4.79 Å². The van der Waals surface area contributed by atoms with Gasteiger partial charge in [0, 0.05) is 13.1 Å². The fraction of sp³-hybridized carbons (Fsp3) is 0.462. The molecule has 1 aliphatic heterocycles. The third kappa shape index (κ3) is 2.61. The molecule has 1 heterocycles. The summed E-state index contributed by atoms with van der Waals surface area (Å²) >= 11 is 0. The first-order chi connectivity index (χ1) is 7.79. The summed E-state index contributed by atoms with van der Waals surface area (Å²) in [5, 5.41) is 0. The lowest BCUT2D eigenvalue weighted by Gasteiger charge is -2.16. The molecule has 0 radical (unpaired) electrons. The van der Waals surface area contributed by atoms with Gasteiger partial charge in [0.15, 0.2) is 0 Å². The van der Waals surface area contributed by atoms with Crippen LogP contribution < -0.4 is 5.73 Å². The molecular formula is C13H18N2O. The van der Waals surface area contributed by atoms with E-state index >= 15 is 0 Å². The number of hydrogen-bond donors (Lipinski definition) is 1. The number of benzene rings is 1. The molecule has 1 atom stereocenters. The van der Waals surface area contributed by atoms with Crippen LogP contribution in [0.2, 0.25) is 0 Å². The monoisotopic (exact) mass is 218 g/mol. The number of carbonyl (C=O) groups is 1. The summed E-state index contributed by atoms with van der Waals surface area (Å²) in [5.74, 6) is 0.724. The largest absolute Gasteiger partial charge is 0.342 e. The number of nitrogens with zero attached hydrogens (tertiary/aromatic N) is 1. The molecule has 1 aromatic rings. The maximum atomic E-state index is 12.0. The van der Waals surface area contributed by atoms with E-state index in [4.69, 9.17) is 5.73 Å². The first-order valence-corrected chi connectivity index (χ1v) is 5.81. The van der Waals surface area contributed by atoms with E-state index in [1.807, 2.05) is 35.2 Å². The molecular weight excluding hydrogens is 200 g/mol. The summed E-state index contributed by atoms with van der Waals surface area (Å²) in [6, 6.07) is 9.89. The predicted molar refractivity (Wildman–Crippen MR) is 63.9 cm³/mol. The molecule has 3 heteroatoms. The normalized spacial score (nSPS) is 20.1. The lowest BCUT2D eigenvalue weighted by atomic mass is 10.1. The molecule has 1 aliphatic rings. The summed E-state index contributed by atoms with van der Waals surface area (Å²) in [4.78, 5) is 13.9. The van der Waals surface area contributed by atoms with E-state index in [1.54, 1.807) is 0 Å². The van der Waals surface area contributed by atoms with Crippen LogP contribution in [0.5, 0.6) is 0 Å². The summed E-state index contributed by atoms with van der Waals surface area (Å²) in [6.07, 6.45) is 1.56. The Labute approximate surface area is 96.2 Å². The predicted octanol–water partition coefficient (Wildman–Crippen LogP) is 1.04. The van der Waals surface area contributed by atoms with Crippen LogP contribution in [0.4, 0.5) is 0 Å². The van der Waals surface area contributed by atoms with E-state index in [1.165, 1.54) is 0 Å². The zero-order chi connectivity index (χ0) is 11.4. The summed E-state index contributed by atoms with van der Waals surface area (Å²) < 4.78 is 0. The number of nitrogens with two attached hydrogens (primary N) is 1. The molecule has 1 saturated heterocycles. The molecule has 0 bridgehead atoms. The van der Waals surface area contributed by atoms with Gasteiger partial charge in [0.25, 0.3) is 0 Å². The van der Waals surface area contributed by atoms with E-state index in [-0.39, 0.29) is 5.91 Å². The highest BCUT2D eigenvalue weighted by molar-refractivity contribution is 5.79. The van der Waals surface area contributed by atoms with Crippen molar-refractivity contribution in [3.63, 3.8) is 0 Å². The van der Waals surface area contributed by atoms with Gasteiger partial charge in [0.2, 0.25) is 5.91 Å². The molecule has 16 heavy (non-hydrogen) atoms. The van der Waals surface area contributed by atoms with Crippen molar-refractivity contribution in [1.82, 2.24) is 4.90 Å². The molecule has 0 aliphatic carbocycles. The van der Waals surface area contributed by atoms with Crippen molar-refractivity contribution in [3.05, 3.63) is 35.9 Å². The summed E-state index contributed by atoms with van der Waals surface area (Å²) in [7, 11) is 0. The average Bonchev–Trinajstić information content (AvgIpc) is 2.79. The molecule has 1 amide bonds. The molecule has 0 saturated carbocycles. The minimum Gasteiger partial charge on any atom is -0.342 e. The Bertz CT molecular complexity index is 350. The molecule has 1 aromatic carbocycles. The second kappa shape index (κ2) is 5.12. The summed E-state index contributed by atoms with van der Waals surface area (Å²) in [6.45, 7) is 2.39. The van der Waals surface area contributed by atoms with E-state index in [2.05, 4.69) is 0 Å². The minimum atomic E-state index is 0.224. The smallest absolute Gasteiger partial charge is 0.226 e. The number of rotatable bonds is 3. The maximum Gasteiger partial charge on any atom is 0.226 e. The highest BCUT2D eigenvalue weighted by Gasteiger charge is 2.24. The molecule has 3 nitrogen and oxygen atoms in total. The van der Waals surface area contributed by atoms with Crippen LogP contribution in [0, 0.1) is 5.92 Å². The first kappa shape index (κ1) is 11.1. The Morgan fingerprint density at radius 2 is 2.12 bits per heavy atom. The van der Waals surface area contributed by atoms with Gasteiger partial charge in [-0.15, -0.1) is 0 Å². The lowest BCUT2D eigenvalue weighted by Crippen LogP contribution is -2.31. The van der Waals surface area contributed by atoms with Crippen molar-refractivity contribution in [3.8, 4) is 0 Å². The highest BCUT2D eigenvalue weighted by Crippen LogP contribution is 2.16. The van der Waals surface area contributed by atoms with Crippen LogP contribution in [0.25, 0.3) is 0 Å². The highest BCUT2D eigenvalue weighted by atomic mass is 16.2. The zero-order valence-corrected chi connectivity index (χ0v) is 9.43. The van der Waals surface area contributed by atoms with Crippen molar-refractivity contribution in [2.45, 2.75) is 12.8 Å². The number of hydrogen-bond acceptors (Lipinski definition) is 2. The Hall–Kier alpha value is -1.35. The van der Waals surface area contributed by atoms with Gasteiger partial charge in [-0.25, -0.2) is 0 Å². The molecule has 0 spiro atoms. The van der Waals surface area contributed by atoms with Gasteiger partial charge in [0.1, 0.15) is 0 Å². The second-order valence-electron chi connectivity index (χ2n) is 4.39. The average molecular weight is 218 g/mol. The van der Waals surface area contributed by atoms with Crippen molar-refractivity contribution in [2.75, 3.05) is 19.6 Å². The zero-order valence-electron chi connectivity index (χ0n) is 9.43. The Balaban J connectivity index is 1.90. The van der Waals surface area contributed by atoms with E-state index in [0.29, 0.717) is 18.9 Å². The van der Waals surface area contributed by atoms with Crippen molar-refractivity contribution >= 4 is 5.91 Å². The first-order valence-electron chi connectivity index (χ1n) is 5.81. The molecule has 2 rings (SSSR count). The lowest BCUT2D eigenvalue weighted by molar-refractivity contribution is -0.129. The Kier molecular flexibility index (Phi) is 3.57. The van der Waals surface area contributed by atoms with Gasteiger partial charge < -0.3 is 10.6 Å². The van der Waals surface area contributed by atoms with E-state index in [0.717, 1.165) is 25.1 Å². The second-order valence-corrected chi connectivity index (χ2v) is 4.39. The molecule has 86 valence electrons. The van der Waals surface area contributed by atoms with Gasteiger partial charge in [-0.1, -0.05) is 30.3 Å². The summed E-state index contributed by atoms with van der Waals surface area (Å²) in [5.41, 5.74) is 6.70. The molecule has 1 fully saturated rings. The Morgan fingerprint density at radius 1 is 1.38 bits per heavy atom. The van der Waals surface area contributed by atoms with Crippen LogP contribution in [0.3, 0.4) is 0 Å². The van der Waals surface area contributed by atoms with Gasteiger partial charge in [0.05, 0.1) is 6.42 Å². The molecule has 0 aromatic heterocycles. The SMILES string of the molecule is NCC1CCN(C(=O)Cc2ccccc2)C1. The maximum absolute atomic E-state index is 12.0. The van der Waals surface area contributed by atoms with E-state index < -0.39 is 0 Å². The fourth-order valence-electron chi connectivity index (χ4n) is 2.13. The van der Waals surface area contributed by atoms with Crippen LogP contribution in [-0.4, -0.2) is 30.4 Å². The van der Waals surface area contributed by atoms with Crippen LogP contribution in [-0.2, 0) is 11.2 Å². The van der Waals surface area contributed by atoms with E-state index in [9.17, 15) is 4.79 Å².